The second-order valence-electron chi connectivity index (χ2n) is 7.41. The van der Waals surface area contributed by atoms with E-state index in [9.17, 15) is 14.4 Å². The van der Waals surface area contributed by atoms with Crippen LogP contribution in [0.15, 0.2) is 60.7 Å². The van der Waals surface area contributed by atoms with Crippen LogP contribution in [0.3, 0.4) is 0 Å². The van der Waals surface area contributed by atoms with Crippen LogP contribution in [0.5, 0.6) is 0 Å². The summed E-state index contributed by atoms with van der Waals surface area (Å²) in [5, 5.41) is 5.16. The van der Waals surface area contributed by atoms with Gasteiger partial charge in [-0.1, -0.05) is 36.4 Å². The summed E-state index contributed by atoms with van der Waals surface area (Å²) in [6, 6.07) is 17.5. The van der Waals surface area contributed by atoms with E-state index in [1.54, 1.807) is 36.1 Å². The number of rotatable bonds is 6. The van der Waals surface area contributed by atoms with Gasteiger partial charge in [0.15, 0.2) is 6.10 Å². The van der Waals surface area contributed by atoms with Crippen molar-refractivity contribution in [3.63, 3.8) is 0 Å². The van der Waals surface area contributed by atoms with Crippen LogP contribution in [0.2, 0.25) is 0 Å². The molecule has 3 rings (SSSR count). The van der Waals surface area contributed by atoms with Gasteiger partial charge in [0.25, 0.3) is 5.91 Å². The van der Waals surface area contributed by atoms with Gasteiger partial charge >= 0.3 is 12.0 Å². The summed E-state index contributed by atoms with van der Waals surface area (Å²) < 4.78 is 5.30. The van der Waals surface area contributed by atoms with Crippen molar-refractivity contribution >= 4 is 29.3 Å². The summed E-state index contributed by atoms with van der Waals surface area (Å²) in [5.74, 6) is -0.894. The van der Waals surface area contributed by atoms with E-state index >= 15 is 0 Å². The van der Waals surface area contributed by atoms with Crippen LogP contribution in [0.25, 0.3) is 0 Å². The standard InChI is InChI=1S/C23H28N4O4/c1-17(24-23(30)25-19-9-5-3-6-10-19)22(29)31-18(2)21(28)27-15-13-26(14-16-27)20-11-7-4-8-12-20/h3-12,17-18H,13-16H2,1-2H3,(H2,24,25,30)/t17-,18+/m0/s1. The number of para-hydroxylation sites is 2. The van der Waals surface area contributed by atoms with E-state index < -0.39 is 24.1 Å². The predicted molar refractivity (Wildman–Crippen MR) is 119 cm³/mol. The van der Waals surface area contributed by atoms with Crippen molar-refractivity contribution in [2.24, 2.45) is 0 Å². The van der Waals surface area contributed by atoms with E-state index in [1.165, 1.54) is 6.92 Å². The molecule has 0 radical (unpaired) electrons. The number of urea groups is 1. The molecule has 0 spiro atoms. The molecule has 3 amide bonds. The monoisotopic (exact) mass is 424 g/mol. The Kier molecular flexibility index (Phi) is 7.48. The number of amides is 3. The Morgan fingerprint density at radius 2 is 1.45 bits per heavy atom. The highest BCUT2D eigenvalue weighted by Gasteiger charge is 2.29. The smallest absolute Gasteiger partial charge is 0.329 e. The minimum absolute atomic E-state index is 0.234. The predicted octanol–water partition coefficient (Wildman–Crippen LogP) is 2.48. The molecule has 0 unspecified atom stereocenters. The van der Waals surface area contributed by atoms with Crippen molar-refractivity contribution < 1.29 is 19.1 Å². The van der Waals surface area contributed by atoms with Crippen LogP contribution >= 0.6 is 0 Å². The van der Waals surface area contributed by atoms with Gasteiger partial charge in [0.2, 0.25) is 0 Å². The lowest BCUT2D eigenvalue weighted by atomic mass is 10.2. The maximum absolute atomic E-state index is 12.7. The van der Waals surface area contributed by atoms with Gasteiger partial charge in [-0.2, -0.15) is 0 Å². The van der Waals surface area contributed by atoms with Gasteiger partial charge in [0.05, 0.1) is 0 Å². The molecule has 0 bridgehead atoms. The maximum atomic E-state index is 12.7. The van der Waals surface area contributed by atoms with Crippen molar-refractivity contribution in [3.8, 4) is 0 Å². The average Bonchev–Trinajstić information content (AvgIpc) is 2.79. The SMILES string of the molecule is C[C@H](NC(=O)Nc1ccccc1)C(=O)O[C@H](C)C(=O)N1CCN(c2ccccc2)CC1. The molecule has 31 heavy (non-hydrogen) atoms. The number of ether oxygens (including phenoxy) is 1. The molecule has 1 saturated heterocycles. The minimum atomic E-state index is -0.919. The third-order valence-corrected chi connectivity index (χ3v) is 5.09. The number of hydrogen-bond donors (Lipinski definition) is 2. The third-order valence-electron chi connectivity index (χ3n) is 5.09. The first-order valence-electron chi connectivity index (χ1n) is 10.4. The molecule has 164 valence electrons. The Balaban J connectivity index is 1.43. The molecule has 2 N–H and O–H groups in total. The molecule has 1 aliphatic rings. The Hall–Kier alpha value is -3.55. The molecule has 8 heteroatoms. The molecule has 0 aliphatic carbocycles. The number of carbonyl (C=O) groups is 3. The normalized spacial score (nSPS) is 15.5. The van der Waals surface area contributed by atoms with Crippen LogP contribution in [0.4, 0.5) is 16.2 Å². The van der Waals surface area contributed by atoms with Gasteiger partial charge in [-0.25, -0.2) is 9.59 Å². The number of nitrogens with zero attached hydrogens (tertiary/aromatic N) is 2. The lowest BCUT2D eigenvalue weighted by Gasteiger charge is -2.37. The quantitative estimate of drug-likeness (QED) is 0.696. The van der Waals surface area contributed by atoms with Crippen LogP contribution in [-0.4, -0.2) is 61.1 Å². The van der Waals surface area contributed by atoms with Gasteiger partial charge in [0, 0.05) is 37.6 Å². The zero-order valence-corrected chi connectivity index (χ0v) is 17.8. The number of piperazine rings is 1. The van der Waals surface area contributed by atoms with E-state index in [4.69, 9.17) is 4.74 Å². The summed E-state index contributed by atoms with van der Waals surface area (Å²) in [4.78, 5) is 41.0. The summed E-state index contributed by atoms with van der Waals surface area (Å²) in [6.45, 7) is 5.62. The number of carbonyl (C=O) groups excluding carboxylic acids is 3. The second-order valence-corrected chi connectivity index (χ2v) is 7.41. The van der Waals surface area contributed by atoms with E-state index in [-0.39, 0.29) is 5.91 Å². The fourth-order valence-electron chi connectivity index (χ4n) is 3.35. The average molecular weight is 425 g/mol. The molecule has 0 saturated carbocycles. The first-order chi connectivity index (χ1) is 14.9. The molecule has 1 aliphatic heterocycles. The van der Waals surface area contributed by atoms with Gasteiger partial charge in [0.1, 0.15) is 6.04 Å². The largest absolute Gasteiger partial charge is 0.451 e. The maximum Gasteiger partial charge on any atom is 0.329 e. The highest BCUT2D eigenvalue weighted by atomic mass is 16.5. The van der Waals surface area contributed by atoms with Gasteiger partial charge in [-0.05, 0) is 38.1 Å². The number of hydrogen-bond acceptors (Lipinski definition) is 5. The fourth-order valence-corrected chi connectivity index (χ4v) is 3.35. The van der Waals surface area contributed by atoms with Crippen molar-refractivity contribution in [2.45, 2.75) is 26.0 Å². The van der Waals surface area contributed by atoms with Crippen LogP contribution in [0.1, 0.15) is 13.8 Å². The summed E-state index contributed by atoms with van der Waals surface area (Å²) >= 11 is 0. The number of benzene rings is 2. The van der Waals surface area contributed by atoms with Crippen molar-refractivity contribution in [3.05, 3.63) is 60.7 Å². The highest BCUT2D eigenvalue weighted by molar-refractivity contribution is 5.93. The van der Waals surface area contributed by atoms with Crippen molar-refractivity contribution in [1.82, 2.24) is 10.2 Å². The first kappa shape index (κ1) is 22.1. The zero-order valence-electron chi connectivity index (χ0n) is 17.8. The van der Waals surface area contributed by atoms with E-state index in [2.05, 4.69) is 15.5 Å². The van der Waals surface area contributed by atoms with Crippen LogP contribution < -0.4 is 15.5 Å². The molecule has 2 atom stereocenters. The summed E-state index contributed by atoms with van der Waals surface area (Å²) in [7, 11) is 0. The summed E-state index contributed by atoms with van der Waals surface area (Å²) in [5.41, 5.74) is 1.74. The number of esters is 1. The van der Waals surface area contributed by atoms with E-state index in [0.717, 1.165) is 5.69 Å². The molecule has 2 aromatic rings. The van der Waals surface area contributed by atoms with Crippen LogP contribution in [0, 0.1) is 0 Å². The van der Waals surface area contributed by atoms with Crippen molar-refractivity contribution in [1.29, 1.82) is 0 Å². The van der Waals surface area contributed by atoms with Gasteiger partial charge in [-0.3, -0.25) is 4.79 Å². The summed E-state index contributed by atoms with van der Waals surface area (Å²) in [6.07, 6.45) is -0.919. The number of nitrogens with one attached hydrogen (secondary N) is 2. The number of anilines is 2. The molecule has 8 nitrogen and oxygen atoms in total. The van der Waals surface area contributed by atoms with Crippen LogP contribution in [-0.2, 0) is 14.3 Å². The molecule has 1 heterocycles. The first-order valence-corrected chi connectivity index (χ1v) is 10.4. The molecular formula is C23H28N4O4. The zero-order chi connectivity index (χ0) is 22.2. The molecule has 0 aromatic heterocycles. The van der Waals surface area contributed by atoms with Gasteiger partial charge < -0.3 is 25.2 Å². The van der Waals surface area contributed by atoms with E-state index in [1.807, 2.05) is 36.4 Å². The lowest BCUT2D eigenvalue weighted by molar-refractivity contribution is -0.160. The lowest BCUT2D eigenvalue weighted by Crippen LogP contribution is -2.52. The Morgan fingerprint density at radius 3 is 2.06 bits per heavy atom. The highest BCUT2D eigenvalue weighted by Crippen LogP contribution is 2.16. The van der Waals surface area contributed by atoms with Gasteiger partial charge in [-0.15, -0.1) is 0 Å². The van der Waals surface area contributed by atoms with Crippen molar-refractivity contribution in [2.75, 3.05) is 36.4 Å². The fraction of sp³-hybridized carbons (Fsp3) is 0.348. The Morgan fingerprint density at radius 1 is 0.871 bits per heavy atom. The Bertz CT molecular complexity index is 883. The molecule has 2 aromatic carbocycles. The second kappa shape index (κ2) is 10.5. The topological polar surface area (TPSA) is 91.0 Å². The minimum Gasteiger partial charge on any atom is -0.451 e. The van der Waals surface area contributed by atoms with E-state index in [0.29, 0.717) is 31.9 Å². The third kappa shape index (κ3) is 6.21. The molecular weight excluding hydrogens is 396 g/mol. The Labute approximate surface area is 182 Å². The molecule has 1 fully saturated rings.